The molecular formula is C21H28N6S2. The minimum absolute atomic E-state index is 0.683. The molecule has 1 aromatic carbocycles. The zero-order chi connectivity index (χ0) is 20.5. The number of nitrogens with zero attached hydrogens (tertiary/aromatic N) is 5. The van der Waals surface area contributed by atoms with E-state index in [9.17, 15) is 0 Å². The number of benzene rings is 1. The number of thiophene rings is 1. The molecule has 8 heteroatoms. The van der Waals surface area contributed by atoms with Gasteiger partial charge in [-0.25, -0.2) is 4.99 Å². The second-order valence-electron chi connectivity index (χ2n) is 6.64. The smallest absolute Gasteiger partial charge is 0.194 e. The molecule has 3 rings (SSSR count). The Labute approximate surface area is 181 Å². The minimum Gasteiger partial charge on any atom is -0.354 e. The van der Waals surface area contributed by atoms with Crippen molar-refractivity contribution in [2.75, 3.05) is 19.8 Å². The van der Waals surface area contributed by atoms with Crippen molar-refractivity contribution in [3.63, 3.8) is 0 Å². The summed E-state index contributed by atoms with van der Waals surface area (Å²) in [6, 6.07) is 12.9. The Balaban J connectivity index is 1.64. The standard InChI is InChI=1S/C21H28N6S2/c1-4-20-25-24-16-27(20)12-11-22-21(23-14-19-6-5-13-29-19)26(2)15-17-7-9-18(28-3)10-8-17/h5-10,13,16H,4,11-12,14-15H2,1-3H3,(H,22,23). The van der Waals surface area contributed by atoms with Crippen molar-refractivity contribution in [1.82, 2.24) is 25.0 Å². The maximum Gasteiger partial charge on any atom is 0.194 e. The average molecular weight is 429 g/mol. The van der Waals surface area contributed by atoms with Crippen LogP contribution in [0.4, 0.5) is 0 Å². The number of guanidine groups is 1. The lowest BCUT2D eigenvalue weighted by Gasteiger charge is -2.23. The summed E-state index contributed by atoms with van der Waals surface area (Å²) in [6.07, 6.45) is 4.77. The van der Waals surface area contributed by atoms with E-state index in [1.807, 2.05) is 0 Å². The van der Waals surface area contributed by atoms with Crippen LogP contribution >= 0.6 is 23.1 Å². The third kappa shape index (κ3) is 6.33. The fourth-order valence-corrected chi connectivity index (χ4v) is 4.01. The summed E-state index contributed by atoms with van der Waals surface area (Å²) in [5.74, 6) is 1.91. The van der Waals surface area contributed by atoms with Gasteiger partial charge in [0.25, 0.3) is 0 Å². The maximum atomic E-state index is 4.85. The van der Waals surface area contributed by atoms with Gasteiger partial charge in [0.05, 0.1) is 6.54 Å². The molecule has 0 aliphatic rings. The second-order valence-corrected chi connectivity index (χ2v) is 8.56. The topological polar surface area (TPSA) is 58.3 Å². The summed E-state index contributed by atoms with van der Waals surface area (Å²) in [6.45, 7) is 5.16. The van der Waals surface area contributed by atoms with E-state index in [-0.39, 0.29) is 0 Å². The van der Waals surface area contributed by atoms with Crippen molar-refractivity contribution in [3.8, 4) is 0 Å². The number of aryl methyl sites for hydroxylation is 1. The van der Waals surface area contributed by atoms with Gasteiger partial charge in [-0.1, -0.05) is 25.1 Å². The Morgan fingerprint density at radius 1 is 1.28 bits per heavy atom. The fourth-order valence-electron chi connectivity index (χ4n) is 2.97. The Bertz CT molecular complexity index is 886. The van der Waals surface area contributed by atoms with Crippen LogP contribution in [0, 0.1) is 0 Å². The lowest BCUT2D eigenvalue weighted by Crippen LogP contribution is -2.40. The molecule has 0 aliphatic heterocycles. The van der Waals surface area contributed by atoms with Gasteiger partial charge >= 0.3 is 0 Å². The summed E-state index contributed by atoms with van der Waals surface area (Å²) >= 11 is 3.50. The van der Waals surface area contributed by atoms with Crippen LogP contribution in [-0.4, -0.2) is 45.5 Å². The van der Waals surface area contributed by atoms with E-state index in [1.165, 1.54) is 15.3 Å². The van der Waals surface area contributed by atoms with E-state index in [0.717, 1.165) is 37.8 Å². The number of aliphatic imine (C=N–C) groups is 1. The Morgan fingerprint density at radius 2 is 2.10 bits per heavy atom. The van der Waals surface area contributed by atoms with E-state index >= 15 is 0 Å². The van der Waals surface area contributed by atoms with Gasteiger partial charge in [-0.15, -0.1) is 33.3 Å². The molecule has 0 atom stereocenters. The van der Waals surface area contributed by atoms with Crippen LogP contribution in [0.2, 0.25) is 0 Å². The summed E-state index contributed by atoms with van der Waals surface area (Å²) in [4.78, 5) is 9.57. The van der Waals surface area contributed by atoms with Crippen molar-refractivity contribution in [2.24, 2.45) is 4.99 Å². The number of rotatable bonds is 9. The highest BCUT2D eigenvalue weighted by Crippen LogP contribution is 2.16. The first-order chi connectivity index (χ1) is 14.2. The molecule has 0 fully saturated rings. The zero-order valence-corrected chi connectivity index (χ0v) is 18.8. The number of hydrogen-bond acceptors (Lipinski definition) is 5. The van der Waals surface area contributed by atoms with E-state index in [4.69, 9.17) is 4.99 Å². The van der Waals surface area contributed by atoms with Crippen molar-refractivity contribution >= 4 is 29.1 Å². The van der Waals surface area contributed by atoms with Gasteiger partial charge < -0.3 is 14.8 Å². The van der Waals surface area contributed by atoms with Crippen LogP contribution < -0.4 is 5.32 Å². The maximum absolute atomic E-state index is 4.85. The predicted octanol–water partition coefficient (Wildman–Crippen LogP) is 3.90. The summed E-state index contributed by atoms with van der Waals surface area (Å²) in [5.41, 5.74) is 1.27. The van der Waals surface area contributed by atoms with E-state index in [2.05, 4.69) is 87.0 Å². The fraction of sp³-hybridized carbons (Fsp3) is 0.381. The SMILES string of the molecule is CCc1nncn1CCNC(=NCc1cccs1)N(C)Cc1ccc(SC)cc1. The first-order valence-corrected chi connectivity index (χ1v) is 11.8. The third-order valence-electron chi connectivity index (χ3n) is 4.55. The molecule has 0 saturated heterocycles. The third-order valence-corrected chi connectivity index (χ3v) is 6.16. The molecular weight excluding hydrogens is 400 g/mol. The number of nitrogens with one attached hydrogen (secondary N) is 1. The van der Waals surface area contributed by atoms with Crippen LogP contribution in [0.3, 0.4) is 0 Å². The Morgan fingerprint density at radius 3 is 2.79 bits per heavy atom. The highest BCUT2D eigenvalue weighted by Gasteiger charge is 2.09. The van der Waals surface area contributed by atoms with E-state index in [1.54, 1.807) is 29.4 Å². The zero-order valence-electron chi connectivity index (χ0n) is 17.2. The first kappa shape index (κ1) is 21.4. The van der Waals surface area contributed by atoms with E-state index < -0.39 is 0 Å². The quantitative estimate of drug-likeness (QED) is 0.318. The molecule has 0 saturated carbocycles. The van der Waals surface area contributed by atoms with Crippen LogP contribution in [0.5, 0.6) is 0 Å². The molecule has 0 bridgehead atoms. The summed E-state index contributed by atoms with van der Waals surface area (Å²) in [7, 11) is 2.08. The van der Waals surface area contributed by atoms with Gasteiger partial charge in [0, 0.05) is 42.9 Å². The molecule has 0 amide bonds. The largest absolute Gasteiger partial charge is 0.354 e. The van der Waals surface area contributed by atoms with Gasteiger partial charge in [-0.05, 0) is 35.4 Å². The van der Waals surface area contributed by atoms with Gasteiger partial charge in [0.1, 0.15) is 12.2 Å². The molecule has 1 N–H and O–H groups in total. The molecule has 0 aliphatic carbocycles. The Hall–Kier alpha value is -2.32. The average Bonchev–Trinajstić information content (AvgIpc) is 3.42. The highest BCUT2D eigenvalue weighted by molar-refractivity contribution is 7.98. The molecule has 6 nitrogen and oxygen atoms in total. The molecule has 29 heavy (non-hydrogen) atoms. The van der Waals surface area contributed by atoms with E-state index in [0.29, 0.717) is 6.54 Å². The molecule has 0 unspecified atom stereocenters. The minimum atomic E-state index is 0.683. The second kappa shape index (κ2) is 11.0. The Kier molecular flexibility index (Phi) is 8.13. The van der Waals surface area contributed by atoms with Crippen molar-refractivity contribution < 1.29 is 0 Å². The number of hydrogen-bond donors (Lipinski definition) is 1. The van der Waals surface area contributed by atoms with Crippen molar-refractivity contribution in [3.05, 3.63) is 64.4 Å². The van der Waals surface area contributed by atoms with Crippen LogP contribution in [0.1, 0.15) is 23.2 Å². The molecule has 0 spiro atoms. The van der Waals surface area contributed by atoms with Gasteiger partial charge in [0.2, 0.25) is 0 Å². The van der Waals surface area contributed by atoms with Gasteiger partial charge in [-0.3, -0.25) is 0 Å². The molecule has 3 aromatic rings. The normalized spacial score (nSPS) is 11.6. The van der Waals surface area contributed by atoms with Crippen molar-refractivity contribution in [1.29, 1.82) is 0 Å². The molecule has 154 valence electrons. The highest BCUT2D eigenvalue weighted by atomic mass is 32.2. The van der Waals surface area contributed by atoms with Crippen LogP contribution in [0.25, 0.3) is 0 Å². The summed E-state index contributed by atoms with van der Waals surface area (Å²) in [5, 5.41) is 13.8. The molecule has 2 aromatic heterocycles. The molecule has 2 heterocycles. The summed E-state index contributed by atoms with van der Waals surface area (Å²) < 4.78 is 2.09. The van der Waals surface area contributed by atoms with Crippen molar-refractivity contribution in [2.45, 2.75) is 37.9 Å². The monoisotopic (exact) mass is 428 g/mol. The lowest BCUT2D eigenvalue weighted by atomic mass is 10.2. The predicted molar refractivity (Wildman–Crippen MR) is 123 cm³/mol. The lowest BCUT2D eigenvalue weighted by molar-refractivity contribution is 0.470. The number of aromatic nitrogens is 3. The first-order valence-electron chi connectivity index (χ1n) is 9.71. The van der Waals surface area contributed by atoms with Gasteiger partial charge in [-0.2, -0.15) is 0 Å². The van der Waals surface area contributed by atoms with Crippen LogP contribution in [-0.2, 0) is 26.1 Å². The number of thioether (sulfide) groups is 1. The van der Waals surface area contributed by atoms with Gasteiger partial charge in [0.15, 0.2) is 5.96 Å². The van der Waals surface area contributed by atoms with Crippen LogP contribution in [0.15, 0.2) is 58.0 Å². The molecule has 0 radical (unpaired) electrons.